The molecule has 1 aliphatic rings. The quantitative estimate of drug-likeness (QED) is 0.314. The molecule has 0 bridgehead atoms. The van der Waals surface area contributed by atoms with E-state index in [1.54, 1.807) is 12.3 Å². The molecular formula is C30H43N5. The zero-order valence-electron chi connectivity index (χ0n) is 22.3. The first-order chi connectivity index (χ1) is 16.8. The van der Waals surface area contributed by atoms with Crippen LogP contribution in [-0.2, 0) is 6.42 Å². The smallest absolute Gasteiger partial charge is 0.138 e. The SMILES string of the molecule is C=C/C=C(\C=C(/C)NC(=C)N1c2nc(C(=C)NCC)ccc2CCC1CCC)C(=C/C)/N(C)C=C. The van der Waals surface area contributed by atoms with Crippen LogP contribution in [0.25, 0.3) is 5.70 Å². The van der Waals surface area contributed by atoms with E-state index in [4.69, 9.17) is 4.98 Å². The fourth-order valence-corrected chi connectivity index (χ4v) is 4.50. The van der Waals surface area contributed by atoms with Crippen molar-refractivity contribution in [2.24, 2.45) is 0 Å². The van der Waals surface area contributed by atoms with Crippen LogP contribution in [-0.4, -0.2) is 29.5 Å². The standard InChI is InChI=1S/C30H43N5/c1-10-15-26(29(12-3)34(9)14-5)21-22(6)32-24(8)35-27(16-11-2)19-17-25-18-20-28(33-30(25)35)23(7)31-13-4/h10,12,14-15,18,20-21,27,31-32H,1,5,7-8,11,13,16-17,19H2,2-4,6,9H3/b22-21+,26-15+,29-12-. The summed E-state index contributed by atoms with van der Waals surface area (Å²) in [7, 11) is 1.99. The molecule has 0 saturated heterocycles. The average Bonchev–Trinajstić information content (AvgIpc) is 2.84. The molecule has 5 heteroatoms. The molecule has 1 aromatic heterocycles. The monoisotopic (exact) mass is 473 g/mol. The first-order valence-electron chi connectivity index (χ1n) is 12.5. The van der Waals surface area contributed by atoms with Crippen LogP contribution in [0.3, 0.4) is 0 Å². The van der Waals surface area contributed by atoms with Crippen LogP contribution in [0.15, 0.2) is 91.7 Å². The Morgan fingerprint density at radius 3 is 2.60 bits per heavy atom. The van der Waals surface area contributed by atoms with Crippen molar-refractivity contribution >= 4 is 11.5 Å². The van der Waals surface area contributed by atoms with Crippen molar-refractivity contribution < 1.29 is 0 Å². The highest BCUT2D eigenvalue weighted by Gasteiger charge is 2.29. The van der Waals surface area contributed by atoms with E-state index in [1.807, 2.05) is 24.9 Å². The maximum absolute atomic E-state index is 5.03. The summed E-state index contributed by atoms with van der Waals surface area (Å²) in [6.45, 7) is 25.6. The van der Waals surface area contributed by atoms with Crippen LogP contribution in [0.1, 0.15) is 58.2 Å². The molecule has 1 atom stereocenters. The minimum atomic E-state index is 0.344. The van der Waals surface area contributed by atoms with Gasteiger partial charge in [-0.3, -0.25) is 0 Å². The number of aromatic nitrogens is 1. The lowest BCUT2D eigenvalue weighted by molar-refractivity contribution is 0.503. The van der Waals surface area contributed by atoms with Crippen molar-refractivity contribution in [3.63, 3.8) is 0 Å². The summed E-state index contributed by atoms with van der Waals surface area (Å²) in [5, 5.41) is 6.84. The van der Waals surface area contributed by atoms with Gasteiger partial charge < -0.3 is 20.4 Å². The number of allylic oxidation sites excluding steroid dienone is 5. The topological polar surface area (TPSA) is 43.4 Å². The molecule has 0 saturated carbocycles. The van der Waals surface area contributed by atoms with E-state index in [9.17, 15) is 0 Å². The number of likely N-dealkylation sites (N-methyl/N-ethyl adjacent to an activating group) is 1. The molecule has 1 unspecified atom stereocenters. The number of hydrogen-bond donors (Lipinski definition) is 2. The van der Waals surface area contributed by atoms with Crippen LogP contribution >= 0.6 is 0 Å². The fourth-order valence-electron chi connectivity index (χ4n) is 4.50. The van der Waals surface area contributed by atoms with E-state index < -0.39 is 0 Å². The third kappa shape index (κ3) is 7.01. The molecule has 5 nitrogen and oxygen atoms in total. The highest BCUT2D eigenvalue weighted by molar-refractivity contribution is 5.64. The van der Waals surface area contributed by atoms with Crippen LogP contribution in [0, 0.1) is 0 Å². The number of rotatable bonds is 13. The van der Waals surface area contributed by atoms with E-state index in [-0.39, 0.29) is 0 Å². The number of hydrogen-bond acceptors (Lipinski definition) is 5. The molecular weight excluding hydrogens is 430 g/mol. The molecule has 188 valence electrons. The Balaban J connectivity index is 2.42. The Morgan fingerprint density at radius 1 is 1.26 bits per heavy atom. The van der Waals surface area contributed by atoms with Gasteiger partial charge in [0.25, 0.3) is 0 Å². The molecule has 0 amide bonds. The van der Waals surface area contributed by atoms with Crippen molar-refractivity contribution in [2.75, 3.05) is 18.5 Å². The second-order valence-electron chi connectivity index (χ2n) is 8.76. The molecule has 0 aliphatic carbocycles. The Labute approximate surface area is 213 Å². The molecule has 2 N–H and O–H groups in total. The number of nitrogens with one attached hydrogen (secondary N) is 2. The molecule has 2 heterocycles. The fraction of sp³-hybridized carbons (Fsp3) is 0.367. The predicted molar refractivity (Wildman–Crippen MR) is 152 cm³/mol. The summed E-state index contributed by atoms with van der Waals surface area (Å²) in [4.78, 5) is 9.31. The van der Waals surface area contributed by atoms with Gasteiger partial charge in [-0.25, -0.2) is 4.98 Å². The summed E-state index contributed by atoms with van der Waals surface area (Å²) < 4.78 is 0. The first-order valence-corrected chi connectivity index (χ1v) is 12.5. The van der Waals surface area contributed by atoms with Gasteiger partial charge in [-0.1, -0.05) is 64.0 Å². The van der Waals surface area contributed by atoms with Crippen molar-refractivity contribution in [3.8, 4) is 0 Å². The zero-order valence-corrected chi connectivity index (χ0v) is 22.3. The van der Waals surface area contributed by atoms with E-state index in [0.29, 0.717) is 6.04 Å². The predicted octanol–water partition coefficient (Wildman–Crippen LogP) is 6.64. The van der Waals surface area contributed by atoms with Gasteiger partial charge in [0, 0.05) is 31.0 Å². The molecule has 0 spiro atoms. The van der Waals surface area contributed by atoms with E-state index in [1.165, 1.54) is 5.56 Å². The highest BCUT2D eigenvalue weighted by atomic mass is 15.3. The number of aryl methyl sites for hydroxylation is 1. The molecule has 0 radical (unpaired) electrons. The molecule has 0 fully saturated rings. The highest BCUT2D eigenvalue weighted by Crippen LogP contribution is 2.34. The Morgan fingerprint density at radius 2 is 2.00 bits per heavy atom. The van der Waals surface area contributed by atoms with Crippen molar-refractivity contribution in [2.45, 2.75) is 59.4 Å². The van der Waals surface area contributed by atoms with Gasteiger partial charge in [0.05, 0.1) is 11.4 Å². The van der Waals surface area contributed by atoms with Crippen molar-refractivity contribution in [1.29, 1.82) is 0 Å². The molecule has 0 aromatic carbocycles. The normalized spacial score (nSPS) is 16.3. The summed E-state index contributed by atoms with van der Waals surface area (Å²) in [6.07, 6.45) is 14.1. The van der Waals surface area contributed by atoms with Crippen LogP contribution in [0.5, 0.6) is 0 Å². The molecule has 35 heavy (non-hydrogen) atoms. The van der Waals surface area contributed by atoms with E-state index in [0.717, 1.165) is 72.2 Å². The number of anilines is 1. The maximum Gasteiger partial charge on any atom is 0.138 e. The number of fused-ring (bicyclic) bond motifs is 1. The number of nitrogens with zero attached hydrogens (tertiary/aromatic N) is 3. The molecule has 1 aliphatic heterocycles. The van der Waals surface area contributed by atoms with Gasteiger partial charge in [-0.2, -0.15) is 0 Å². The maximum atomic E-state index is 5.03. The Bertz CT molecular complexity index is 1030. The summed E-state index contributed by atoms with van der Waals surface area (Å²) in [5.41, 5.74) is 6.02. The van der Waals surface area contributed by atoms with Gasteiger partial charge in [-0.05, 0) is 69.5 Å². The first kappa shape index (κ1) is 27.8. The van der Waals surface area contributed by atoms with Crippen molar-refractivity contribution in [1.82, 2.24) is 20.5 Å². The molecule has 2 rings (SSSR count). The number of pyridine rings is 1. The molecule has 1 aromatic rings. The lowest BCUT2D eigenvalue weighted by Gasteiger charge is -2.39. The van der Waals surface area contributed by atoms with Gasteiger partial charge >= 0.3 is 0 Å². The van der Waals surface area contributed by atoms with Crippen LogP contribution < -0.4 is 15.5 Å². The summed E-state index contributed by atoms with van der Waals surface area (Å²) in [5.74, 6) is 1.80. The van der Waals surface area contributed by atoms with Gasteiger partial charge in [0.15, 0.2) is 0 Å². The van der Waals surface area contributed by atoms with Gasteiger partial charge in [0.1, 0.15) is 11.6 Å². The second-order valence-corrected chi connectivity index (χ2v) is 8.76. The summed E-state index contributed by atoms with van der Waals surface area (Å²) in [6, 6.07) is 4.58. The van der Waals surface area contributed by atoms with E-state index in [2.05, 4.69) is 86.9 Å². The third-order valence-electron chi connectivity index (χ3n) is 6.14. The largest absolute Gasteiger partial charge is 0.384 e. The Hall–Kier alpha value is -3.47. The lowest BCUT2D eigenvalue weighted by Crippen LogP contribution is -2.43. The minimum absolute atomic E-state index is 0.344. The van der Waals surface area contributed by atoms with E-state index >= 15 is 0 Å². The lowest BCUT2D eigenvalue weighted by atomic mass is 9.95. The minimum Gasteiger partial charge on any atom is -0.384 e. The van der Waals surface area contributed by atoms with Crippen molar-refractivity contribution in [3.05, 3.63) is 103 Å². The van der Waals surface area contributed by atoms with Gasteiger partial charge in [-0.15, -0.1) is 0 Å². The summed E-state index contributed by atoms with van der Waals surface area (Å²) >= 11 is 0. The average molecular weight is 474 g/mol. The zero-order chi connectivity index (χ0) is 26.0. The van der Waals surface area contributed by atoms with Crippen LogP contribution in [0.4, 0.5) is 5.82 Å². The van der Waals surface area contributed by atoms with Crippen LogP contribution in [0.2, 0.25) is 0 Å². The van der Waals surface area contributed by atoms with Gasteiger partial charge in [0.2, 0.25) is 0 Å². The third-order valence-corrected chi connectivity index (χ3v) is 6.14. The Kier molecular flexibility index (Phi) is 10.7. The second kappa shape index (κ2) is 13.4.